The van der Waals surface area contributed by atoms with Crippen LogP contribution in [0.1, 0.15) is 15.4 Å². The van der Waals surface area contributed by atoms with E-state index in [9.17, 15) is 4.79 Å². The highest BCUT2D eigenvalue weighted by atomic mass is 32.1. The first-order valence-corrected chi connectivity index (χ1v) is 6.84. The fourth-order valence-corrected chi connectivity index (χ4v) is 2.87. The van der Waals surface area contributed by atoms with E-state index in [1.54, 1.807) is 24.5 Å². The number of fused-ring (bicyclic) bond motifs is 1. The van der Waals surface area contributed by atoms with Crippen molar-refractivity contribution in [3.05, 3.63) is 47.2 Å². The van der Waals surface area contributed by atoms with Gasteiger partial charge in [0.05, 0.1) is 17.1 Å². The van der Waals surface area contributed by atoms with Gasteiger partial charge in [-0.3, -0.25) is 9.78 Å². The molecule has 0 aromatic carbocycles. The van der Waals surface area contributed by atoms with E-state index in [0.29, 0.717) is 16.3 Å². The number of pyridine rings is 2. The Morgan fingerprint density at radius 2 is 2.00 bits per heavy atom. The number of amides is 1. The van der Waals surface area contributed by atoms with Gasteiger partial charge in [0.25, 0.3) is 5.91 Å². The van der Waals surface area contributed by atoms with Crippen LogP contribution in [0.25, 0.3) is 10.2 Å². The molecule has 3 heterocycles. The van der Waals surface area contributed by atoms with E-state index >= 15 is 0 Å². The normalized spacial score (nSPS) is 10.7. The molecule has 20 heavy (non-hydrogen) atoms. The summed E-state index contributed by atoms with van der Waals surface area (Å²) in [5, 5.41) is 3.64. The molecular weight excluding hydrogens is 272 g/mol. The Balaban J connectivity index is 1.97. The van der Waals surface area contributed by atoms with Gasteiger partial charge in [-0.1, -0.05) is 0 Å². The van der Waals surface area contributed by atoms with Crippen molar-refractivity contribution in [2.24, 2.45) is 0 Å². The number of thiophene rings is 1. The third-order valence-corrected chi connectivity index (χ3v) is 4.09. The van der Waals surface area contributed by atoms with Gasteiger partial charge in [-0.15, -0.1) is 11.3 Å². The second-order valence-electron chi connectivity index (χ2n) is 4.29. The number of hydrogen-bond donors (Lipinski definition) is 2. The zero-order valence-corrected chi connectivity index (χ0v) is 11.6. The lowest BCUT2D eigenvalue weighted by molar-refractivity contribution is 0.103. The van der Waals surface area contributed by atoms with Crippen molar-refractivity contribution in [2.75, 3.05) is 11.1 Å². The van der Waals surface area contributed by atoms with Crippen LogP contribution in [-0.4, -0.2) is 15.9 Å². The Hall–Kier alpha value is -2.47. The van der Waals surface area contributed by atoms with Gasteiger partial charge in [0.1, 0.15) is 9.71 Å². The lowest BCUT2D eigenvalue weighted by Gasteiger charge is -2.06. The van der Waals surface area contributed by atoms with Crippen molar-refractivity contribution < 1.29 is 4.79 Å². The van der Waals surface area contributed by atoms with Crippen molar-refractivity contribution in [1.82, 2.24) is 9.97 Å². The molecule has 0 saturated carbocycles. The summed E-state index contributed by atoms with van der Waals surface area (Å²) in [6, 6.07) is 7.25. The third kappa shape index (κ3) is 2.10. The minimum Gasteiger partial charge on any atom is -0.397 e. The second kappa shape index (κ2) is 4.90. The maximum absolute atomic E-state index is 12.3. The van der Waals surface area contributed by atoms with Crippen LogP contribution in [0.4, 0.5) is 11.4 Å². The van der Waals surface area contributed by atoms with Crippen molar-refractivity contribution in [1.29, 1.82) is 0 Å². The van der Waals surface area contributed by atoms with Crippen LogP contribution < -0.4 is 11.1 Å². The molecule has 0 aliphatic heterocycles. The molecular formula is C14H12N4OS. The molecule has 3 aromatic heterocycles. The van der Waals surface area contributed by atoms with Gasteiger partial charge in [-0.2, -0.15) is 0 Å². The fraction of sp³-hybridized carbons (Fsp3) is 0.0714. The zero-order chi connectivity index (χ0) is 14.1. The zero-order valence-electron chi connectivity index (χ0n) is 10.8. The van der Waals surface area contributed by atoms with Crippen LogP contribution in [0, 0.1) is 6.92 Å². The van der Waals surface area contributed by atoms with Crippen molar-refractivity contribution in [2.45, 2.75) is 6.92 Å². The molecule has 0 atom stereocenters. The van der Waals surface area contributed by atoms with Crippen molar-refractivity contribution in [3.63, 3.8) is 0 Å². The summed E-state index contributed by atoms with van der Waals surface area (Å²) >= 11 is 1.29. The number of carbonyl (C=O) groups is 1. The van der Waals surface area contributed by atoms with Gasteiger partial charge in [0.2, 0.25) is 0 Å². The number of aromatic nitrogens is 2. The van der Waals surface area contributed by atoms with Crippen LogP contribution in [0.15, 0.2) is 36.7 Å². The molecule has 1 amide bonds. The summed E-state index contributed by atoms with van der Waals surface area (Å²) in [6.07, 6.45) is 3.37. The van der Waals surface area contributed by atoms with Crippen LogP contribution in [0.2, 0.25) is 0 Å². The molecule has 0 unspecified atom stereocenters. The van der Waals surface area contributed by atoms with Crippen molar-refractivity contribution in [3.8, 4) is 0 Å². The summed E-state index contributed by atoms with van der Waals surface area (Å²) < 4.78 is 0. The number of nitrogens with zero attached hydrogens (tertiary/aromatic N) is 2. The Bertz CT molecular complexity index is 797. The molecule has 0 aliphatic carbocycles. The van der Waals surface area contributed by atoms with E-state index in [1.807, 2.05) is 19.1 Å². The standard InChI is InChI=1S/C14H12N4OS/c1-8-10(5-3-6-16-8)18-13(19)12-11(15)9-4-2-7-17-14(9)20-12/h2-7H,15H2,1H3,(H,18,19). The number of nitrogens with one attached hydrogen (secondary N) is 1. The van der Waals surface area contributed by atoms with E-state index in [0.717, 1.165) is 15.9 Å². The number of hydrogen-bond acceptors (Lipinski definition) is 5. The lowest BCUT2D eigenvalue weighted by atomic mass is 10.2. The van der Waals surface area contributed by atoms with E-state index < -0.39 is 0 Å². The lowest BCUT2D eigenvalue weighted by Crippen LogP contribution is -2.13. The van der Waals surface area contributed by atoms with E-state index in [2.05, 4.69) is 15.3 Å². The number of rotatable bonds is 2. The highest BCUT2D eigenvalue weighted by Gasteiger charge is 2.17. The number of carbonyl (C=O) groups excluding carboxylic acids is 1. The molecule has 0 radical (unpaired) electrons. The predicted octanol–water partition coefficient (Wildman–Crippen LogP) is 2.83. The molecule has 0 bridgehead atoms. The van der Waals surface area contributed by atoms with Gasteiger partial charge in [0.15, 0.2) is 0 Å². The number of aryl methyl sites for hydroxylation is 1. The predicted molar refractivity (Wildman–Crippen MR) is 81.0 cm³/mol. The minimum atomic E-state index is -0.235. The smallest absolute Gasteiger partial charge is 0.268 e. The molecule has 6 heteroatoms. The summed E-state index contributed by atoms with van der Waals surface area (Å²) in [6.45, 7) is 1.84. The topological polar surface area (TPSA) is 80.9 Å². The van der Waals surface area contributed by atoms with Crippen LogP contribution in [-0.2, 0) is 0 Å². The van der Waals surface area contributed by atoms with Crippen LogP contribution in [0.5, 0.6) is 0 Å². The fourth-order valence-electron chi connectivity index (χ4n) is 1.92. The van der Waals surface area contributed by atoms with Crippen LogP contribution in [0.3, 0.4) is 0 Å². The summed E-state index contributed by atoms with van der Waals surface area (Å²) in [7, 11) is 0. The van der Waals surface area contributed by atoms with E-state index in [-0.39, 0.29) is 5.91 Å². The largest absolute Gasteiger partial charge is 0.397 e. The third-order valence-electron chi connectivity index (χ3n) is 2.97. The molecule has 3 rings (SSSR count). The Kier molecular flexibility index (Phi) is 3.08. The molecule has 0 aliphatic rings. The molecule has 0 fully saturated rings. The molecule has 3 N–H and O–H groups in total. The monoisotopic (exact) mass is 284 g/mol. The summed E-state index contributed by atoms with van der Waals surface area (Å²) in [5.74, 6) is -0.235. The summed E-state index contributed by atoms with van der Waals surface area (Å²) in [5.41, 5.74) is 7.94. The summed E-state index contributed by atoms with van der Waals surface area (Å²) in [4.78, 5) is 21.9. The van der Waals surface area contributed by atoms with E-state index in [4.69, 9.17) is 5.73 Å². The first-order valence-electron chi connectivity index (χ1n) is 6.03. The Labute approximate surface area is 119 Å². The van der Waals surface area contributed by atoms with Gasteiger partial charge in [-0.05, 0) is 31.2 Å². The van der Waals surface area contributed by atoms with Crippen LogP contribution >= 0.6 is 11.3 Å². The first-order chi connectivity index (χ1) is 9.66. The highest BCUT2D eigenvalue weighted by Crippen LogP contribution is 2.32. The molecule has 100 valence electrons. The molecule has 0 saturated heterocycles. The molecule has 0 spiro atoms. The average Bonchev–Trinajstić information content (AvgIpc) is 2.79. The quantitative estimate of drug-likeness (QED) is 0.758. The number of anilines is 2. The van der Waals surface area contributed by atoms with Gasteiger partial charge >= 0.3 is 0 Å². The minimum absolute atomic E-state index is 0.235. The SMILES string of the molecule is Cc1ncccc1NC(=O)c1sc2ncccc2c1N. The average molecular weight is 284 g/mol. The maximum Gasteiger partial charge on any atom is 0.268 e. The Morgan fingerprint density at radius 1 is 1.25 bits per heavy atom. The van der Waals surface area contributed by atoms with Gasteiger partial charge < -0.3 is 11.1 Å². The number of nitrogens with two attached hydrogens (primary N) is 1. The van der Waals surface area contributed by atoms with Gasteiger partial charge in [0, 0.05) is 17.8 Å². The molecule has 3 aromatic rings. The van der Waals surface area contributed by atoms with Crippen molar-refractivity contribution >= 4 is 38.8 Å². The number of nitrogen functional groups attached to an aromatic ring is 1. The second-order valence-corrected chi connectivity index (χ2v) is 5.29. The van der Waals surface area contributed by atoms with Gasteiger partial charge in [-0.25, -0.2) is 4.98 Å². The Morgan fingerprint density at radius 3 is 2.75 bits per heavy atom. The van der Waals surface area contributed by atoms with E-state index in [1.165, 1.54) is 11.3 Å². The first kappa shape index (κ1) is 12.6. The highest BCUT2D eigenvalue weighted by molar-refractivity contribution is 7.21. The maximum atomic E-state index is 12.3. The molecule has 5 nitrogen and oxygen atoms in total.